The van der Waals surface area contributed by atoms with E-state index in [2.05, 4.69) is 0 Å². The summed E-state index contributed by atoms with van der Waals surface area (Å²) in [7, 11) is -8.12. The fourth-order valence-electron chi connectivity index (χ4n) is 1.40. The largest absolute Gasteiger partial charge is 1.00 e. The van der Waals surface area contributed by atoms with Crippen molar-refractivity contribution in [1.82, 2.24) is 0 Å². The Morgan fingerprint density at radius 2 is 0.778 bits per heavy atom. The third-order valence-corrected chi connectivity index (χ3v) is 4.65. The van der Waals surface area contributed by atoms with E-state index in [9.17, 15) is 18.9 Å². The third-order valence-electron chi connectivity index (χ3n) is 1.55. The molecule has 0 fully saturated rings. The van der Waals surface area contributed by atoms with Crippen LogP contribution in [0.25, 0.3) is 0 Å². The molecule has 8 nitrogen and oxygen atoms in total. The number of hydrogen-bond acceptors (Lipinski definition) is 7. The maximum atomic E-state index is 11.4. The molecule has 0 bridgehead atoms. The quantitative estimate of drug-likeness (QED) is 0.501. The van der Waals surface area contributed by atoms with Crippen LogP contribution in [-0.2, 0) is 27.2 Å². The van der Waals surface area contributed by atoms with Crippen LogP contribution in [0.1, 0.15) is 83.1 Å². The average molecular weight is 459 g/mol. The molecule has 0 saturated carbocycles. The monoisotopic (exact) mass is 458 g/mol. The average Bonchev–Trinajstić information content (AvgIpc) is 1.97. The van der Waals surface area contributed by atoms with Gasteiger partial charge in [0.2, 0.25) is 0 Å². The molecule has 27 heavy (non-hydrogen) atoms. The summed E-state index contributed by atoms with van der Waals surface area (Å²) in [6.45, 7) is 20.1. The predicted molar refractivity (Wildman–Crippen MR) is 101 cm³/mol. The Bertz CT molecular complexity index is 436. The summed E-state index contributed by atoms with van der Waals surface area (Å²) in [5.74, 6) is 0. The van der Waals surface area contributed by atoms with Crippen LogP contribution < -0.4 is 56.3 Å². The normalized spacial score (nSPS) is 14.1. The van der Waals surface area contributed by atoms with Crippen molar-refractivity contribution in [2.24, 2.45) is 0 Å². The van der Waals surface area contributed by atoms with Gasteiger partial charge in [0.25, 0.3) is 7.82 Å². The van der Waals surface area contributed by atoms with Gasteiger partial charge in [0.15, 0.2) is 0 Å². The molecule has 0 atom stereocenters. The van der Waals surface area contributed by atoms with Crippen LogP contribution in [0.5, 0.6) is 0 Å². The van der Waals surface area contributed by atoms with Gasteiger partial charge in [-0.25, -0.2) is 4.57 Å². The Labute approximate surface area is 207 Å². The molecule has 0 aromatic rings. The van der Waals surface area contributed by atoms with Gasteiger partial charge >= 0.3 is 59.2 Å². The van der Waals surface area contributed by atoms with Gasteiger partial charge in [-0.1, -0.05) is 0 Å². The first-order chi connectivity index (χ1) is 10.8. The van der Waals surface area contributed by atoms with E-state index < -0.39 is 38.0 Å². The van der Waals surface area contributed by atoms with Crippen molar-refractivity contribution in [2.75, 3.05) is 0 Å². The molecule has 0 aromatic carbocycles. The van der Waals surface area contributed by atoms with Gasteiger partial charge in [0.05, 0.1) is 22.4 Å². The van der Waals surface area contributed by atoms with Gasteiger partial charge in [-0.15, -0.1) is 0 Å². The summed E-state index contributed by atoms with van der Waals surface area (Å²) >= 11 is 0. The van der Waals surface area contributed by atoms with Crippen LogP contribution in [0.2, 0.25) is 0 Å². The van der Waals surface area contributed by atoms with Crippen LogP contribution in [0.4, 0.5) is 0 Å². The van der Waals surface area contributed by atoms with Crippen LogP contribution in [0.15, 0.2) is 0 Å². The number of rotatable bonds is 4. The van der Waals surface area contributed by atoms with Gasteiger partial charge in [-0.3, -0.25) is 13.6 Å². The number of phosphoric ester groups is 2. The summed E-state index contributed by atoms with van der Waals surface area (Å²) in [5.41, 5.74) is -2.86. The van der Waals surface area contributed by atoms with Crippen molar-refractivity contribution in [3.05, 3.63) is 0 Å². The van der Waals surface area contributed by atoms with Crippen LogP contribution in [0, 0.1) is 0 Å². The Kier molecular flexibility index (Phi) is 14.2. The van der Waals surface area contributed by atoms with Crippen molar-refractivity contribution in [3.63, 3.8) is 0 Å². The van der Waals surface area contributed by atoms with Gasteiger partial charge in [-0.2, -0.15) is 0 Å². The Morgan fingerprint density at radius 1 is 0.593 bits per heavy atom. The summed E-state index contributed by atoms with van der Waals surface area (Å²) in [6.07, 6.45) is 0. The first kappa shape index (κ1) is 33.5. The predicted octanol–water partition coefficient (Wildman–Crippen LogP) is 1.81. The molecular formula is C16H37KO8P2. The van der Waals surface area contributed by atoms with E-state index in [0.29, 0.717) is 0 Å². The number of hydrogen-bond donors (Lipinski definition) is 1. The zero-order valence-corrected chi connectivity index (χ0v) is 24.1. The van der Waals surface area contributed by atoms with Gasteiger partial charge in [0, 0.05) is 0 Å². The van der Waals surface area contributed by atoms with Crippen LogP contribution in [-0.4, -0.2) is 27.3 Å². The van der Waals surface area contributed by atoms with Crippen molar-refractivity contribution in [1.29, 1.82) is 0 Å². The van der Waals surface area contributed by atoms with Crippen molar-refractivity contribution in [3.8, 4) is 0 Å². The molecule has 11 heteroatoms. The second-order valence-corrected chi connectivity index (χ2v) is 12.3. The summed E-state index contributed by atoms with van der Waals surface area (Å²) in [5, 5.41) is 0. The molecule has 160 valence electrons. The molecule has 0 aliphatic rings. The minimum absolute atomic E-state index is 0. The van der Waals surface area contributed by atoms with E-state index in [1.807, 2.05) is 0 Å². The van der Waals surface area contributed by atoms with E-state index in [1.165, 1.54) is 0 Å². The summed E-state index contributed by atoms with van der Waals surface area (Å²) < 4.78 is 41.9. The fraction of sp³-hybridized carbons (Fsp3) is 1.00. The Hall–Kier alpha value is 1.86. The Morgan fingerprint density at radius 3 is 0.926 bits per heavy atom. The fourth-order valence-corrected chi connectivity index (χ4v) is 4.20. The van der Waals surface area contributed by atoms with Crippen molar-refractivity contribution in [2.45, 2.75) is 105 Å². The maximum Gasteiger partial charge on any atom is 1.00 e. The van der Waals surface area contributed by atoms with E-state index in [-0.39, 0.29) is 51.4 Å². The van der Waals surface area contributed by atoms with Gasteiger partial charge < -0.3 is 18.8 Å². The second kappa shape index (κ2) is 11.5. The molecule has 0 rings (SSSR count). The molecule has 0 radical (unpaired) electrons. The Balaban J connectivity index is -0.000000411. The first-order valence-electron chi connectivity index (χ1n) is 8.29. The molecule has 0 saturated heterocycles. The van der Waals surface area contributed by atoms with Crippen LogP contribution in [0.3, 0.4) is 0 Å². The van der Waals surface area contributed by atoms with Gasteiger partial charge in [0.1, 0.15) is 0 Å². The molecule has 0 heterocycles. The minimum atomic E-state index is -4.19. The molecule has 0 unspecified atom stereocenters. The zero-order chi connectivity index (χ0) is 21.8. The second-order valence-electron chi connectivity index (χ2n) is 9.73. The molecule has 0 amide bonds. The molecule has 0 spiro atoms. The summed E-state index contributed by atoms with van der Waals surface area (Å²) in [4.78, 5) is 20.5. The minimum Gasteiger partial charge on any atom is -0.756 e. The standard InChI is InChI=1S/2C8H19O4P.K/c2*1-7(2,3)11-13(9,10)12-8(4,5)6;/h2*1-6H3,(H,9,10);/q;;+1/p-1. The van der Waals surface area contributed by atoms with Crippen molar-refractivity contribution < 1.29 is 88.4 Å². The van der Waals surface area contributed by atoms with E-state index in [4.69, 9.17) is 18.1 Å². The molecule has 0 aliphatic heterocycles. The zero-order valence-electron chi connectivity index (χ0n) is 19.2. The molecule has 0 aromatic heterocycles. The maximum absolute atomic E-state index is 11.4. The van der Waals surface area contributed by atoms with Gasteiger partial charge in [-0.05, 0) is 83.1 Å². The van der Waals surface area contributed by atoms with Crippen LogP contribution >= 0.6 is 15.6 Å². The first-order valence-corrected chi connectivity index (χ1v) is 11.3. The van der Waals surface area contributed by atoms with E-state index in [0.717, 1.165) is 0 Å². The SMILES string of the molecule is CC(C)(C)OP(=O)(O)OC(C)(C)C.CC(C)(C)OP(=O)([O-])OC(C)(C)C.[K+]. The topological polar surface area (TPSA) is 114 Å². The van der Waals surface area contributed by atoms with E-state index in [1.54, 1.807) is 83.1 Å². The van der Waals surface area contributed by atoms with Crippen molar-refractivity contribution >= 4 is 15.6 Å². The molecule has 0 aliphatic carbocycles. The third kappa shape index (κ3) is 27.9. The van der Waals surface area contributed by atoms with E-state index >= 15 is 0 Å². The molecule has 1 N–H and O–H groups in total. The molecular weight excluding hydrogens is 421 g/mol. The number of phosphoric acid groups is 2. The smallest absolute Gasteiger partial charge is 0.756 e. The summed E-state index contributed by atoms with van der Waals surface area (Å²) in [6, 6.07) is 0.